The number of hydrogen-bond acceptors (Lipinski definition) is 3. The number of aromatic nitrogens is 2. The molecule has 0 radical (unpaired) electrons. The Labute approximate surface area is 76.9 Å². The van der Waals surface area contributed by atoms with Crippen LogP contribution in [0.3, 0.4) is 0 Å². The van der Waals surface area contributed by atoms with Gasteiger partial charge in [-0.05, 0) is 6.92 Å². The Kier molecular flexibility index (Phi) is 2.84. The topological polar surface area (TPSA) is 74.8 Å². The summed E-state index contributed by atoms with van der Waals surface area (Å²) in [6, 6.07) is 0. The zero-order valence-corrected chi connectivity index (χ0v) is 8.06. The van der Waals surface area contributed by atoms with Crippen molar-refractivity contribution in [2.45, 2.75) is 11.8 Å². The molecule has 2 N–H and O–H groups in total. The molecule has 1 aromatic rings. The van der Waals surface area contributed by atoms with Crippen LogP contribution in [0.15, 0.2) is 23.7 Å². The van der Waals surface area contributed by atoms with Gasteiger partial charge in [-0.25, -0.2) is 13.1 Å². The van der Waals surface area contributed by atoms with Crippen LogP contribution in [0.4, 0.5) is 0 Å². The van der Waals surface area contributed by atoms with Crippen LogP contribution in [-0.2, 0) is 10.0 Å². The second kappa shape index (κ2) is 3.71. The van der Waals surface area contributed by atoms with E-state index in [4.69, 9.17) is 0 Å². The first-order valence-corrected chi connectivity index (χ1v) is 5.17. The Morgan fingerprint density at radius 1 is 1.77 bits per heavy atom. The normalized spacial score (nSPS) is 11.5. The molecule has 0 bridgehead atoms. The fourth-order valence-corrected chi connectivity index (χ4v) is 1.99. The number of aromatic amines is 1. The van der Waals surface area contributed by atoms with E-state index in [0.29, 0.717) is 5.69 Å². The first-order chi connectivity index (χ1) is 6.08. The molecule has 1 rings (SSSR count). The summed E-state index contributed by atoms with van der Waals surface area (Å²) in [7, 11) is -3.42. The third-order valence-electron chi connectivity index (χ3n) is 1.49. The Morgan fingerprint density at radius 3 is 2.92 bits per heavy atom. The molecule has 0 aliphatic carbocycles. The van der Waals surface area contributed by atoms with Gasteiger partial charge in [-0.15, -0.1) is 6.58 Å². The number of H-pyrrole nitrogens is 1. The highest BCUT2D eigenvalue weighted by molar-refractivity contribution is 7.89. The second-order valence-corrected chi connectivity index (χ2v) is 4.24. The SMILES string of the molecule is C=CCNS(=O)(=O)c1cn[nH]c1C. The summed E-state index contributed by atoms with van der Waals surface area (Å²) in [5.74, 6) is 0. The van der Waals surface area contributed by atoms with E-state index in [-0.39, 0.29) is 11.4 Å². The molecule has 0 saturated carbocycles. The minimum Gasteiger partial charge on any atom is -0.281 e. The first-order valence-electron chi connectivity index (χ1n) is 3.68. The van der Waals surface area contributed by atoms with Crippen LogP contribution in [0.1, 0.15) is 5.69 Å². The van der Waals surface area contributed by atoms with Gasteiger partial charge >= 0.3 is 0 Å². The van der Waals surface area contributed by atoms with Gasteiger partial charge in [0.1, 0.15) is 4.90 Å². The molecule has 0 aromatic carbocycles. The number of nitrogens with one attached hydrogen (secondary N) is 2. The monoisotopic (exact) mass is 201 g/mol. The lowest BCUT2D eigenvalue weighted by atomic mass is 10.5. The van der Waals surface area contributed by atoms with E-state index < -0.39 is 10.0 Å². The number of rotatable bonds is 4. The molecule has 0 saturated heterocycles. The lowest BCUT2D eigenvalue weighted by Crippen LogP contribution is -2.23. The van der Waals surface area contributed by atoms with Crippen LogP contribution in [-0.4, -0.2) is 25.2 Å². The summed E-state index contributed by atoms with van der Waals surface area (Å²) in [6.07, 6.45) is 2.76. The van der Waals surface area contributed by atoms with Crippen LogP contribution in [0.2, 0.25) is 0 Å². The molecule has 1 heterocycles. The average molecular weight is 201 g/mol. The standard InChI is InChI=1S/C7H11N3O2S/c1-3-4-9-13(11,12)7-5-8-10-6(7)2/h3,5,9H,1,4H2,2H3,(H,8,10). The molecule has 1 aromatic heterocycles. The molecule has 0 aliphatic heterocycles. The quantitative estimate of drug-likeness (QED) is 0.682. The van der Waals surface area contributed by atoms with Crippen molar-refractivity contribution in [3.63, 3.8) is 0 Å². The molecule has 0 aliphatic rings. The summed E-state index contributed by atoms with van der Waals surface area (Å²) < 4.78 is 25.3. The van der Waals surface area contributed by atoms with Gasteiger partial charge in [0, 0.05) is 6.54 Å². The summed E-state index contributed by atoms with van der Waals surface area (Å²) in [6.45, 7) is 5.28. The van der Waals surface area contributed by atoms with Gasteiger partial charge in [-0.2, -0.15) is 5.10 Å². The van der Waals surface area contributed by atoms with Gasteiger partial charge in [-0.1, -0.05) is 6.08 Å². The van der Waals surface area contributed by atoms with Crippen molar-refractivity contribution >= 4 is 10.0 Å². The van der Waals surface area contributed by atoms with Crippen LogP contribution in [0, 0.1) is 6.92 Å². The molecule has 0 unspecified atom stereocenters. The van der Waals surface area contributed by atoms with Crippen molar-refractivity contribution in [2.75, 3.05) is 6.54 Å². The van der Waals surface area contributed by atoms with E-state index in [2.05, 4.69) is 21.5 Å². The predicted molar refractivity (Wildman–Crippen MR) is 48.7 cm³/mol. The van der Waals surface area contributed by atoms with Crippen LogP contribution in [0.5, 0.6) is 0 Å². The van der Waals surface area contributed by atoms with Gasteiger partial charge in [0.05, 0.1) is 11.9 Å². The van der Waals surface area contributed by atoms with Gasteiger partial charge < -0.3 is 0 Å². The van der Waals surface area contributed by atoms with E-state index >= 15 is 0 Å². The van der Waals surface area contributed by atoms with Gasteiger partial charge in [0.15, 0.2) is 0 Å². The molecule has 0 fully saturated rings. The van der Waals surface area contributed by atoms with Crippen molar-refractivity contribution < 1.29 is 8.42 Å². The van der Waals surface area contributed by atoms with Crippen molar-refractivity contribution in [3.05, 3.63) is 24.5 Å². The van der Waals surface area contributed by atoms with Crippen molar-refractivity contribution in [1.82, 2.24) is 14.9 Å². The Morgan fingerprint density at radius 2 is 2.46 bits per heavy atom. The van der Waals surface area contributed by atoms with E-state index in [1.165, 1.54) is 12.3 Å². The summed E-state index contributed by atoms with van der Waals surface area (Å²) >= 11 is 0. The molecular weight excluding hydrogens is 190 g/mol. The Balaban J connectivity index is 2.94. The third kappa shape index (κ3) is 2.16. The number of hydrogen-bond donors (Lipinski definition) is 2. The highest BCUT2D eigenvalue weighted by Gasteiger charge is 2.16. The summed E-state index contributed by atoms with van der Waals surface area (Å²) in [4.78, 5) is 0.175. The second-order valence-electron chi connectivity index (χ2n) is 2.50. The van der Waals surface area contributed by atoms with Gasteiger partial charge in [0.2, 0.25) is 10.0 Å². The number of sulfonamides is 1. The van der Waals surface area contributed by atoms with Crippen molar-refractivity contribution in [1.29, 1.82) is 0 Å². The zero-order valence-electron chi connectivity index (χ0n) is 7.24. The third-order valence-corrected chi connectivity index (χ3v) is 3.03. The molecule has 0 spiro atoms. The van der Waals surface area contributed by atoms with Crippen LogP contribution in [0.25, 0.3) is 0 Å². The maximum Gasteiger partial charge on any atom is 0.244 e. The molecule has 13 heavy (non-hydrogen) atoms. The van der Waals surface area contributed by atoms with E-state index in [1.54, 1.807) is 6.92 Å². The fraction of sp³-hybridized carbons (Fsp3) is 0.286. The highest BCUT2D eigenvalue weighted by atomic mass is 32.2. The molecule has 6 heteroatoms. The van der Waals surface area contributed by atoms with Crippen LogP contribution >= 0.6 is 0 Å². The Bertz CT molecular complexity index is 394. The molecule has 5 nitrogen and oxygen atoms in total. The van der Waals surface area contributed by atoms with E-state index in [0.717, 1.165) is 0 Å². The molecular formula is C7H11N3O2S. The molecule has 0 atom stereocenters. The Hall–Kier alpha value is -1.14. The average Bonchev–Trinajstić information content (AvgIpc) is 2.48. The zero-order chi connectivity index (χ0) is 9.90. The smallest absolute Gasteiger partial charge is 0.244 e. The minimum absolute atomic E-state index is 0.175. The minimum atomic E-state index is -3.42. The maximum atomic E-state index is 11.5. The number of aryl methyl sites for hydroxylation is 1. The molecule has 72 valence electrons. The summed E-state index contributed by atoms with van der Waals surface area (Å²) in [5.41, 5.74) is 0.525. The maximum absolute atomic E-state index is 11.5. The largest absolute Gasteiger partial charge is 0.281 e. The number of nitrogens with zero attached hydrogens (tertiary/aromatic N) is 1. The van der Waals surface area contributed by atoms with Gasteiger partial charge in [-0.3, -0.25) is 5.10 Å². The fourth-order valence-electron chi connectivity index (χ4n) is 0.857. The highest BCUT2D eigenvalue weighted by Crippen LogP contribution is 2.09. The predicted octanol–water partition coefficient (Wildman–Crippen LogP) is 0.182. The first kappa shape index (κ1) is 9.94. The van der Waals surface area contributed by atoms with Crippen molar-refractivity contribution in [3.8, 4) is 0 Å². The lowest BCUT2D eigenvalue weighted by molar-refractivity contribution is 0.585. The van der Waals surface area contributed by atoms with Crippen molar-refractivity contribution in [2.24, 2.45) is 0 Å². The molecule has 0 amide bonds. The van der Waals surface area contributed by atoms with E-state index in [1.807, 2.05) is 0 Å². The van der Waals surface area contributed by atoms with Gasteiger partial charge in [0.25, 0.3) is 0 Å². The van der Waals surface area contributed by atoms with E-state index in [9.17, 15) is 8.42 Å². The lowest BCUT2D eigenvalue weighted by Gasteiger charge is -2.01. The van der Waals surface area contributed by atoms with Crippen LogP contribution < -0.4 is 4.72 Å². The summed E-state index contributed by atoms with van der Waals surface area (Å²) in [5, 5.41) is 6.18.